The average Bonchev–Trinajstić information content (AvgIpc) is 2.47. The minimum atomic E-state index is -0.229. The van der Waals surface area contributed by atoms with Gasteiger partial charge in [0.2, 0.25) is 5.91 Å². The van der Waals surface area contributed by atoms with Gasteiger partial charge < -0.3 is 10.1 Å². The molecule has 0 radical (unpaired) electrons. The molecule has 0 aliphatic carbocycles. The maximum Gasteiger partial charge on any atom is 0.247 e. The summed E-state index contributed by atoms with van der Waals surface area (Å²) in [6.45, 7) is 3.84. The number of carbonyl (C=O) groups excluding carboxylic acids is 1. The number of benzene rings is 2. The predicted molar refractivity (Wildman–Crippen MR) is 76.0 cm³/mol. The molecule has 0 heterocycles. The molecule has 0 aliphatic rings. The van der Waals surface area contributed by atoms with Crippen LogP contribution < -0.4 is 10.1 Å². The lowest BCUT2D eigenvalue weighted by Gasteiger charge is -2.11. The van der Waals surface area contributed by atoms with Crippen molar-refractivity contribution in [2.45, 2.75) is 6.61 Å². The molecule has 1 amide bonds. The molecular weight excluding hydrogens is 238 g/mol. The monoisotopic (exact) mass is 253 g/mol. The van der Waals surface area contributed by atoms with Crippen LogP contribution in [0, 0.1) is 0 Å². The summed E-state index contributed by atoms with van der Waals surface area (Å²) in [4.78, 5) is 11.3. The normalized spacial score (nSPS) is 9.68. The summed E-state index contributed by atoms with van der Waals surface area (Å²) in [6.07, 6.45) is 1.24. The van der Waals surface area contributed by atoms with E-state index in [0.717, 1.165) is 17.0 Å². The Morgan fingerprint density at radius 2 is 1.79 bits per heavy atom. The third-order valence-electron chi connectivity index (χ3n) is 2.60. The summed E-state index contributed by atoms with van der Waals surface area (Å²) in [5.41, 5.74) is 1.66. The number of hydrogen-bond acceptors (Lipinski definition) is 2. The molecule has 1 N–H and O–H groups in total. The molecule has 96 valence electrons. The molecule has 2 rings (SSSR count). The highest BCUT2D eigenvalue weighted by molar-refractivity contribution is 5.99. The molecule has 0 bridgehead atoms. The Hall–Kier alpha value is -2.55. The highest BCUT2D eigenvalue weighted by atomic mass is 16.5. The molecule has 3 nitrogen and oxygen atoms in total. The number of anilines is 1. The van der Waals surface area contributed by atoms with Crippen molar-refractivity contribution in [3.8, 4) is 5.75 Å². The van der Waals surface area contributed by atoms with Crippen LogP contribution in [-0.2, 0) is 11.4 Å². The topological polar surface area (TPSA) is 38.3 Å². The van der Waals surface area contributed by atoms with E-state index in [9.17, 15) is 4.79 Å². The largest absolute Gasteiger partial charge is 0.489 e. The Morgan fingerprint density at radius 3 is 2.53 bits per heavy atom. The summed E-state index contributed by atoms with van der Waals surface area (Å²) >= 11 is 0. The number of amides is 1. The van der Waals surface area contributed by atoms with Crippen LogP contribution in [0.3, 0.4) is 0 Å². The van der Waals surface area contributed by atoms with Crippen molar-refractivity contribution in [2.75, 3.05) is 5.32 Å². The van der Waals surface area contributed by atoms with Gasteiger partial charge in [0.15, 0.2) is 0 Å². The van der Waals surface area contributed by atoms with Gasteiger partial charge in [0.05, 0.1) is 0 Å². The second-order valence-electron chi connectivity index (χ2n) is 3.95. The highest BCUT2D eigenvalue weighted by Crippen LogP contribution is 2.18. The lowest BCUT2D eigenvalue weighted by atomic mass is 10.2. The van der Waals surface area contributed by atoms with E-state index in [1.165, 1.54) is 6.08 Å². The zero-order chi connectivity index (χ0) is 13.5. The highest BCUT2D eigenvalue weighted by Gasteiger charge is 2.04. The SMILES string of the molecule is C=CC(=O)Nc1ccccc1COc1ccccc1. The van der Waals surface area contributed by atoms with E-state index in [-0.39, 0.29) is 5.91 Å². The average molecular weight is 253 g/mol. The van der Waals surface area contributed by atoms with Crippen molar-refractivity contribution < 1.29 is 9.53 Å². The fourth-order valence-electron chi connectivity index (χ4n) is 1.63. The van der Waals surface area contributed by atoms with Crippen LogP contribution in [0.4, 0.5) is 5.69 Å². The molecule has 0 atom stereocenters. The van der Waals surface area contributed by atoms with Crippen LogP contribution in [0.5, 0.6) is 5.75 Å². The van der Waals surface area contributed by atoms with Crippen LogP contribution in [0.2, 0.25) is 0 Å². The first-order chi connectivity index (χ1) is 9.29. The molecule has 3 heteroatoms. The van der Waals surface area contributed by atoms with E-state index in [0.29, 0.717) is 6.61 Å². The van der Waals surface area contributed by atoms with Crippen LogP contribution in [0.15, 0.2) is 67.3 Å². The first-order valence-corrected chi connectivity index (χ1v) is 5.99. The van der Waals surface area contributed by atoms with E-state index < -0.39 is 0 Å². The fraction of sp³-hybridized carbons (Fsp3) is 0.0625. The molecule has 0 spiro atoms. The number of ether oxygens (including phenoxy) is 1. The van der Waals surface area contributed by atoms with Crippen LogP contribution in [0.25, 0.3) is 0 Å². The zero-order valence-electron chi connectivity index (χ0n) is 10.5. The molecule has 0 aliphatic heterocycles. The summed E-state index contributed by atoms with van der Waals surface area (Å²) in [7, 11) is 0. The second kappa shape index (κ2) is 6.40. The van der Waals surface area contributed by atoms with Gasteiger partial charge in [-0.05, 0) is 24.3 Å². The number of carbonyl (C=O) groups is 1. The molecule has 0 fully saturated rings. The molecule has 2 aromatic carbocycles. The molecular formula is C16H15NO2. The van der Waals surface area contributed by atoms with Gasteiger partial charge in [-0.3, -0.25) is 4.79 Å². The van der Waals surface area contributed by atoms with Gasteiger partial charge in [-0.1, -0.05) is 43.0 Å². The third-order valence-corrected chi connectivity index (χ3v) is 2.60. The molecule has 2 aromatic rings. The summed E-state index contributed by atoms with van der Waals surface area (Å²) in [5, 5.41) is 2.76. The predicted octanol–water partition coefficient (Wildman–Crippen LogP) is 3.39. The summed E-state index contributed by atoms with van der Waals surface area (Å²) in [5.74, 6) is 0.569. The summed E-state index contributed by atoms with van der Waals surface area (Å²) in [6, 6.07) is 17.1. The van der Waals surface area contributed by atoms with E-state index in [4.69, 9.17) is 4.74 Å². The quantitative estimate of drug-likeness (QED) is 0.829. The fourth-order valence-corrected chi connectivity index (χ4v) is 1.63. The lowest BCUT2D eigenvalue weighted by molar-refractivity contribution is -0.111. The minimum absolute atomic E-state index is 0.229. The first kappa shape index (κ1) is 12.9. The minimum Gasteiger partial charge on any atom is -0.489 e. The first-order valence-electron chi connectivity index (χ1n) is 5.99. The van der Waals surface area contributed by atoms with Gasteiger partial charge in [-0.25, -0.2) is 0 Å². The Bertz CT molecular complexity index is 564. The Balaban J connectivity index is 2.07. The summed E-state index contributed by atoms with van der Waals surface area (Å²) < 4.78 is 5.67. The van der Waals surface area contributed by atoms with E-state index in [1.807, 2.05) is 54.6 Å². The lowest BCUT2D eigenvalue weighted by Crippen LogP contribution is -2.10. The van der Waals surface area contributed by atoms with E-state index >= 15 is 0 Å². The Kier molecular flexibility index (Phi) is 4.34. The van der Waals surface area contributed by atoms with Gasteiger partial charge >= 0.3 is 0 Å². The molecule has 0 saturated carbocycles. The van der Waals surface area contributed by atoms with Crippen LogP contribution >= 0.6 is 0 Å². The number of hydrogen-bond donors (Lipinski definition) is 1. The third kappa shape index (κ3) is 3.71. The van der Waals surface area contributed by atoms with Gasteiger partial charge in [-0.2, -0.15) is 0 Å². The maximum atomic E-state index is 11.3. The van der Waals surface area contributed by atoms with Gasteiger partial charge in [-0.15, -0.1) is 0 Å². The van der Waals surface area contributed by atoms with Crippen molar-refractivity contribution in [3.05, 3.63) is 72.8 Å². The zero-order valence-corrected chi connectivity index (χ0v) is 10.5. The number of rotatable bonds is 5. The van der Waals surface area contributed by atoms with Crippen molar-refractivity contribution in [2.24, 2.45) is 0 Å². The maximum absolute atomic E-state index is 11.3. The van der Waals surface area contributed by atoms with Crippen molar-refractivity contribution in [1.29, 1.82) is 0 Å². The van der Waals surface area contributed by atoms with E-state index in [1.54, 1.807) is 0 Å². The standard InChI is InChI=1S/C16H15NO2/c1-2-16(18)17-15-11-7-6-8-13(15)12-19-14-9-4-3-5-10-14/h2-11H,1,12H2,(H,17,18). The van der Waals surface area contributed by atoms with Crippen molar-refractivity contribution >= 4 is 11.6 Å². The van der Waals surface area contributed by atoms with Gasteiger partial charge in [0, 0.05) is 11.3 Å². The van der Waals surface area contributed by atoms with Crippen LogP contribution in [0.1, 0.15) is 5.56 Å². The smallest absolute Gasteiger partial charge is 0.247 e. The van der Waals surface area contributed by atoms with Crippen molar-refractivity contribution in [3.63, 3.8) is 0 Å². The second-order valence-corrected chi connectivity index (χ2v) is 3.95. The Labute approximate surface area is 112 Å². The Morgan fingerprint density at radius 1 is 1.11 bits per heavy atom. The van der Waals surface area contributed by atoms with E-state index in [2.05, 4.69) is 11.9 Å². The van der Waals surface area contributed by atoms with Gasteiger partial charge in [0.25, 0.3) is 0 Å². The van der Waals surface area contributed by atoms with Crippen molar-refractivity contribution in [1.82, 2.24) is 0 Å². The van der Waals surface area contributed by atoms with Gasteiger partial charge in [0.1, 0.15) is 12.4 Å². The molecule has 19 heavy (non-hydrogen) atoms. The number of nitrogens with one attached hydrogen (secondary N) is 1. The number of para-hydroxylation sites is 2. The molecule has 0 aromatic heterocycles. The van der Waals surface area contributed by atoms with Crippen LogP contribution in [-0.4, -0.2) is 5.91 Å². The molecule has 0 saturated heterocycles. The molecule has 0 unspecified atom stereocenters.